The minimum Gasteiger partial charge on any atom is -0.377 e. The Morgan fingerprint density at radius 2 is 1.65 bits per heavy atom. The van der Waals surface area contributed by atoms with E-state index in [2.05, 4.69) is 16.2 Å². The molecule has 3 rings (SSSR count). The lowest BCUT2D eigenvalue weighted by Crippen LogP contribution is -2.66. The molecule has 6 unspecified atom stereocenters. The number of hydrogen-bond donors (Lipinski definition) is 5. The number of aliphatic hydroxyl groups is 1. The molecular weight excluding hydrogens is 430 g/mol. The van der Waals surface area contributed by atoms with Crippen LogP contribution in [0.15, 0.2) is 0 Å². The number of hydrazine groups is 1. The molecule has 0 aliphatic carbocycles. The number of hydrogen-bond acceptors (Lipinski definition) is 6. The van der Waals surface area contributed by atoms with Gasteiger partial charge in [-0.1, -0.05) is 33.1 Å². The first-order chi connectivity index (χ1) is 14.1. The van der Waals surface area contributed by atoms with Crippen LogP contribution in [-0.2, 0) is 4.74 Å². The summed E-state index contributed by atoms with van der Waals surface area (Å²) in [5, 5.41) is 13.4. The molecule has 0 saturated carbocycles. The highest BCUT2D eigenvalue weighted by Crippen LogP contribution is 2.43. The van der Waals surface area contributed by atoms with Crippen LogP contribution in [-0.4, -0.2) is 53.6 Å². The second-order valence-electron chi connectivity index (χ2n) is 9.92. The van der Waals surface area contributed by atoms with E-state index >= 15 is 0 Å². The summed E-state index contributed by atoms with van der Waals surface area (Å²) in [6, 6.07) is -2.82. The van der Waals surface area contributed by atoms with Crippen molar-refractivity contribution in [1.82, 2.24) is 16.2 Å². The maximum Gasteiger partial charge on any atom is 0.421 e. The highest BCUT2D eigenvalue weighted by atomic mass is 19.4. The maximum atomic E-state index is 13.7. The number of nitrogens with two attached hydrogens (primary N) is 1. The van der Waals surface area contributed by atoms with E-state index in [-0.39, 0.29) is 19.3 Å². The van der Waals surface area contributed by atoms with E-state index in [0.717, 1.165) is 0 Å². The zero-order valence-corrected chi connectivity index (χ0v) is 17.6. The molecule has 3 saturated heterocycles. The van der Waals surface area contributed by atoms with E-state index in [1.807, 2.05) is 13.8 Å². The van der Waals surface area contributed by atoms with Crippen LogP contribution in [0.1, 0.15) is 58.8 Å². The van der Waals surface area contributed by atoms with Crippen molar-refractivity contribution in [3.63, 3.8) is 0 Å². The van der Waals surface area contributed by atoms with Crippen molar-refractivity contribution in [2.24, 2.45) is 17.1 Å². The van der Waals surface area contributed by atoms with Crippen LogP contribution >= 0.6 is 0 Å². The van der Waals surface area contributed by atoms with Crippen LogP contribution in [0.25, 0.3) is 0 Å². The van der Waals surface area contributed by atoms with Crippen LogP contribution in [0.4, 0.5) is 26.3 Å². The molecular formula is C19H32F6N4O2. The predicted molar refractivity (Wildman–Crippen MR) is 100 cm³/mol. The number of piperidine rings is 1. The summed E-state index contributed by atoms with van der Waals surface area (Å²) in [6.45, 7) is 3.73. The molecule has 6 nitrogen and oxygen atoms in total. The van der Waals surface area contributed by atoms with E-state index in [1.165, 1.54) is 0 Å². The Kier molecular flexibility index (Phi) is 6.93. The number of fused-ring (bicyclic) bond motifs is 5. The largest absolute Gasteiger partial charge is 0.421 e. The third-order valence-electron chi connectivity index (χ3n) is 6.87. The second-order valence-corrected chi connectivity index (χ2v) is 9.92. The lowest BCUT2D eigenvalue weighted by molar-refractivity contribution is -0.300. The Labute approximate surface area is 177 Å². The van der Waals surface area contributed by atoms with Gasteiger partial charge in [0, 0.05) is 12.1 Å². The lowest BCUT2D eigenvalue weighted by atomic mass is 9.73. The average Bonchev–Trinajstić information content (AvgIpc) is 3.09. The molecule has 3 heterocycles. The zero-order chi connectivity index (χ0) is 23.2. The third kappa shape index (κ3) is 5.30. The molecule has 0 aromatic heterocycles. The van der Waals surface area contributed by atoms with Gasteiger partial charge in [0.05, 0.1) is 12.0 Å². The van der Waals surface area contributed by atoms with E-state index < -0.39 is 66.3 Å². The number of nitrogens with one attached hydrogen (secondary N) is 3. The van der Waals surface area contributed by atoms with Crippen molar-refractivity contribution in [3.8, 4) is 0 Å². The fourth-order valence-corrected chi connectivity index (χ4v) is 5.04. The number of rotatable bonds is 0. The highest BCUT2D eigenvalue weighted by Gasteiger charge is 2.62. The van der Waals surface area contributed by atoms with Gasteiger partial charge in [-0.3, -0.25) is 0 Å². The third-order valence-corrected chi connectivity index (χ3v) is 6.87. The van der Waals surface area contributed by atoms with E-state index in [9.17, 15) is 31.4 Å². The van der Waals surface area contributed by atoms with Gasteiger partial charge in [0.1, 0.15) is 6.23 Å². The summed E-state index contributed by atoms with van der Waals surface area (Å²) in [5.41, 5.74) is 7.33. The summed E-state index contributed by atoms with van der Waals surface area (Å²) in [4.78, 5) is 0. The van der Waals surface area contributed by atoms with Crippen molar-refractivity contribution < 1.29 is 36.2 Å². The molecule has 3 aliphatic heterocycles. The van der Waals surface area contributed by atoms with Crippen molar-refractivity contribution in [2.45, 2.75) is 107 Å². The van der Waals surface area contributed by atoms with Gasteiger partial charge in [-0.05, 0) is 31.1 Å². The molecule has 182 valence electrons. The number of ether oxygens (including phenoxy) is 1. The number of halogens is 6. The van der Waals surface area contributed by atoms with Crippen LogP contribution in [0.2, 0.25) is 0 Å². The topological polar surface area (TPSA) is 91.6 Å². The van der Waals surface area contributed by atoms with Gasteiger partial charge in [-0.2, -0.15) is 26.3 Å². The Morgan fingerprint density at radius 3 is 2.26 bits per heavy atom. The molecule has 7 atom stereocenters. The molecule has 3 aliphatic rings. The van der Waals surface area contributed by atoms with Crippen molar-refractivity contribution in [3.05, 3.63) is 0 Å². The fraction of sp³-hybridized carbons (Fsp3) is 1.00. The monoisotopic (exact) mass is 462 g/mol. The van der Waals surface area contributed by atoms with Crippen LogP contribution < -0.4 is 21.9 Å². The van der Waals surface area contributed by atoms with E-state index in [4.69, 9.17) is 10.5 Å². The Bertz CT molecular complexity index is 631. The molecule has 0 aromatic rings. The Balaban J connectivity index is 1.90. The van der Waals surface area contributed by atoms with Gasteiger partial charge in [0.2, 0.25) is 5.60 Å². The quantitative estimate of drug-likeness (QED) is 0.356. The van der Waals surface area contributed by atoms with Crippen LogP contribution in [0, 0.1) is 11.3 Å². The van der Waals surface area contributed by atoms with Gasteiger partial charge < -0.3 is 20.9 Å². The van der Waals surface area contributed by atoms with Crippen molar-refractivity contribution in [2.75, 3.05) is 0 Å². The van der Waals surface area contributed by atoms with Gasteiger partial charge in [0.25, 0.3) is 0 Å². The fourth-order valence-electron chi connectivity index (χ4n) is 5.04. The standard InChI is InChI=1S/C19H32F6N4O2/c1-16(2)6-4-3-5-7-17(30,19(23,24)25)15-29-28-14(31-15)13-11(26)8-10(18(20,21)22)12(9-16)27-13/h10-15,27-30H,3-9,26H2,1-2H3/t10?,11?,12?,13?,14?,15?,17-/m1/s1. The molecule has 0 amide bonds. The molecule has 0 spiro atoms. The first-order valence-corrected chi connectivity index (χ1v) is 10.7. The van der Waals surface area contributed by atoms with Gasteiger partial charge >= 0.3 is 12.4 Å². The minimum absolute atomic E-state index is 0.105. The lowest BCUT2D eigenvalue weighted by Gasteiger charge is -2.46. The molecule has 12 heteroatoms. The SMILES string of the molecule is CC1(C)CCCCC[C@](O)(C(F)(F)F)C2NNC(O2)C2NC(C1)C(C(F)(F)F)CC2N. The van der Waals surface area contributed by atoms with Gasteiger partial charge in [0.15, 0.2) is 6.23 Å². The Hall–Kier alpha value is -0.660. The summed E-state index contributed by atoms with van der Waals surface area (Å²) in [7, 11) is 0. The molecule has 0 aromatic carbocycles. The molecule has 3 fully saturated rings. The van der Waals surface area contributed by atoms with Crippen molar-refractivity contribution >= 4 is 0 Å². The van der Waals surface area contributed by atoms with E-state index in [1.54, 1.807) is 0 Å². The summed E-state index contributed by atoms with van der Waals surface area (Å²) < 4.78 is 87.9. The highest BCUT2D eigenvalue weighted by molar-refractivity contribution is 5.03. The molecule has 4 bridgehead atoms. The summed E-state index contributed by atoms with van der Waals surface area (Å²) in [6.07, 6.45) is -11.4. The Morgan fingerprint density at radius 1 is 1.00 bits per heavy atom. The van der Waals surface area contributed by atoms with Crippen molar-refractivity contribution in [1.29, 1.82) is 0 Å². The van der Waals surface area contributed by atoms with E-state index in [0.29, 0.717) is 19.3 Å². The van der Waals surface area contributed by atoms with Crippen LogP contribution in [0.3, 0.4) is 0 Å². The average molecular weight is 462 g/mol. The molecule has 0 radical (unpaired) electrons. The minimum atomic E-state index is -4.95. The van der Waals surface area contributed by atoms with Gasteiger partial charge in [-0.25, -0.2) is 10.9 Å². The smallest absolute Gasteiger partial charge is 0.377 e. The summed E-state index contributed by atoms with van der Waals surface area (Å²) >= 11 is 0. The van der Waals surface area contributed by atoms with Crippen LogP contribution in [0.5, 0.6) is 0 Å². The second kappa shape index (κ2) is 8.60. The molecule has 31 heavy (non-hydrogen) atoms. The number of alkyl halides is 6. The van der Waals surface area contributed by atoms with Gasteiger partial charge in [-0.15, -0.1) is 0 Å². The maximum absolute atomic E-state index is 13.7. The predicted octanol–water partition coefficient (Wildman–Crippen LogP) is 2.67. The normalized spacial score (nSPS) is 42.8. The summed E-state index contributed by atoms with van der Waals surface area (Å²) in [5.74, 6) is -1.66. The zero-order valence-electron chi connectivity index (χ0n) is 17.6. The molecule has 6 N–H and O–H groups in total. The first-order valence-electron chi connectivity index (χ1n) is 10.7. The first kappa shape index (κ1) is 25.0.